The van der Waals surface area contributed by atoms with E-state index in [2.05, 4.69) is 0 Å². The molecule has 24 heteroatoms. The number of rotatable bonds is 18. The predicted molar refractivity (Wildman–Crippen MR) is 260 cm³/mol. The zero-order valence-electron chi connectivity index (χ0n) is 39.9. The van der Waals surface area contributed by atoms with Crippen molar-refractivity contribution in [2.24, 2.45) is 0 Å². The van der Waals surface area contributed by atoms with E-state index in [0.29, 0.717) is 0 Å². The molecule has 404 valence electrons. The fraction of sp³-hybridized carbons (Fsp3) is 0.185. The van der Waals surface area contributed by atoms with Crippen LogP contribution in [0.1, 0.15) is 68.6 Å². The molecule has 7 atom stereocenters. The third-order valence-electron chi connectivity index (χ3n) is 12.7. The van der Waals surface area contributed by atoms with Crippen LogP contribution in [0.5, 0.6) is 69.0 Å². The van der Waals surface area contributed by atoms with Crippen molar-refractivity contribution in [3.63, 3.8) is 0 Å². The molecule has 0 bridgehead atoms. The van der Waals surface area contributed by atoms with Gasteiger partial charge in [0.15, 0.2) is 69.0 Å². The van der Waals surface area contributed by atoms with Crippen molar-refractivity contribution in [1.82, 2.24) is 0 Å². The first kappa shape index (κ1) is 53.8. The number of phenolic OH excluding ortho intramolecular Hbond substituents is 10. The van der Waals surface area contributed by atoms with Crippen LogP contribution < -0.4 is 9.47 Å². The van der Waals surface area contributed by atoms with Gasteiger partial charge in [0.2, 0.25) is 18.3 Å². The van der Waals surface area contributed by atoms with Crippen LogP contribution >= 0.6 is 0 Å². The van der Waals surface area contributed by atoms with Crippen LogP contribution in [-0.2, 0) is 62.2 Å². The van der Waals surface area contributed by atoms with Crippen molar-refractivity contribution >= 4 is 41.9 Å². The fourth-order valence-electron chi connectivity index (χ4n) is 8.92. The van der Waals surface area contributed by atoms with E-state index in [-0.39, 0.29) is 50.3 Å². The summed E-state index contributed by atoms with van der Waals surface area (Å²) >= 11 is 0. The molecule has 0 aliphatic carbocycles. The molecular weight excluding hydrogens is 1030 g/mol. The largest absolute Gasteiger partial charge is 0.504 e. The van der Waals surface area contributed by atoms with Gasteiger partial charge in [-0.05, 0) is 100 Å². The lowest BCUT2D eigenvalue weighted by atomic mass is 9.86. The van der Waals surface area contributed by atoms with E-state index in [9.17, 15) is 95.2 Å². The molecule has 2 aliphatic rings. The summed E-state index contributed by atoms with van der Waals surface area (Å²) in [6, 6.07) is 17.9. The average molecular weight is 1080 g/mol. The smallest absolute Gasteiger partial charge is 0.345 e. The molecule has 2 heterocycles. The number of hydrogen-bond acceptors (Lipinski definition) is 21. The number of hydrogen-bond donors (Lipinski definition) is 13. The van der Waals surface area contributed by atoms with E-state index in [4.69, 9.17) is 23.7 Å². The Morgan fingerprint density at radius 2 is 0.821 bits per heavy atom. The van der Waals surface area contributed by atoms with Gasteiger partial charge in [-0.1, -0.05) is 36.4 Å². The number of carboxylic acids is 3. The maximum absolute atomic E-state index is 14.3. The summed E-state index contributed by atoms with van der Waals surface area (Å²) in [5.74, 6) is -19.2. The molecule has 0 radical (unpaired) electrons. The Labute approximate surface area is 437 Å². The molecule has 0 saturated heterocycles. The second-order valence-electron chi connectivity index (χ2n) is 17.8. The first-order valence-corrected chi connectivity index (χ1v) is 23.1. The maximum atomic E-state index is 14.3. The van der Waals surface area contributed by atoms with Crippen LogP contribution in [0, 0.1) is 0 Å². The topological polar surface area (TPSA) is 412 Å². The highest BCUT2D eigenvalue weighted by molar-refractivity contribution is 5.92. The van der Waals surface area contributed by atoms with Crippen molar-refractivity contribution < 1.29 is 119 Å². The van der Waals surface area contributed by atoms with E-state index in [1.54, 1.807) is 0 Å². The van der Waals surface area contributed by atoms with Crippen molar-refractivity contribution in [3.05, 3.63) is 148 Å². The van der Waals surface area contributed by atoms with Gasteiger partial charge < -0.3 is 90.1 Å². The molecule has 0 aromatic heterocycles. The quantitative estimate of drug-likeness (QED) is 0.0235. The van der Waals surface area contributed by atoms with Gasteiger partial charge in [-0.15, -0.1) is 0 Å². The minimum absolute atomic E-state index is 0.00269. The van der Waals surface area contributed by atoms with Gasteiger partial charge in [0, 0.05) is 36.5 Å². The molecule has 2 aliphatic heterocycles. The Hall–Kier alpha value is -10.5. The van der Waals surface area contributed by atoms with Crippen LogP contribution in [0.15, 0.2) is 103 Å². The number of fused-ring (bicyclic) bond motifs is 2. The first-order chi connectivity index (χ1) is 37.0. The van der Waals surface area contributed by atoms with Crippen molar-refractivity contribution in [3.8, 4) is 69.0 Å². The SMILES string of the molecule is O=C(/C=C/c1ccc(O)c2c1[C@@H](C(=O)O[C@@H](Cc1ccc(O)c(O)c1)C(=O)O)[C@H](c1ccc(O)c(O)c1)O2)O[C@H](Cc1ccc(O)c2c1[C@@H](C(=O)O[C@@H](Cc1ccc(O)c(O)c1)C(=O)O)[C@H](c1ccc(O)c(O)c1)O2)C(=O)O. The second kappa shape index (κ2) is 21.7. The number of aliphatic carboxylic acids is 3. The van der Waals surface area contributed by atoms with Crippen molar-refractivity contribution in [2.75, 3.05) is 0 Å². The Bertz CT molecular complexity index is 3440. The van der Waals surface area contributed by atoms with Crippen LogP contribution in [0.3, 0.4) is 0 Å². The van der Waals surface area contributed by atoms with Gasteiger partial charge in [-0.3, -0.25) is 9.59 Å². The van der Waals surface area contributed by atoms with Gasteiger partial charge in [-0.25, -0.2) is 19.2 Å². The molecule has 13 N–H and O–H groups in total. The Balaban J connectivity index is 1.10. The minimum Gasteiger partial charge on any atom is -0.504 e. The van der Waals surface area contributed by atoms with E-state index in [1.807, 2.05) is 0 Å². The summed E-state index contributed by atoms with van der Waals surface area (Å²) in [5.41, 5.74) is -0.481. The standard InChI is InChI=1S/C54H44O24/c55-28-8-1-22(15-34(28)61)17-38(50(66)67)75-53(72)44-42-24(3-12-32(59)48(42)77-46(44)26-5-10-30(57)36(63)19-26)7-14-41(65)74-40(52(70)71)21-25-4-13-33(60)49-43(25)45(47(78-49)27-6-11-31(58)37(64)20-27)54(73)76-39(51(68)69)18-23-2-9-29(56)35(62)16-23/h1-16,19-20,38-40,44-47,55-64H,17-18,21H2,(H,66,67)(H,68,69)(H,70,71)/b14-7+/t38-,39-,40+,44+,45+,46-,47-/m0/s1. The lowest BCUT2D eigenvalue weighted by Crippen LogP contribution is -2.33. The normalized spacial score (nSPS) is 17.3. The number of ether oxygens (including phenoxy) is 5. The summed E-state index contributed by atoms with van der Waals surface area (Å²) in [5, 5.41) is 133. The molecule has 6 aromatic rings. The van der Waals surface area contributed by atoms with Gasteiger partial charge in [0.05, 0.1) is 0 Å². The highest BCUT2D eigenvalue weighted by Gasteiger charge is 2.48. The summed E-state index contributed by atoms with van der Waals surface area (Å²) in [4.78, 5) is 80.1. The zero-order valence-corrected chi connectivity index (χ0v) is 39.9. The van der Waals surface area contributed by atoms with Crippen molar-refractivity contribution in [1.29, 1.82) is 0 Å². The number of esters is 3. The Kier molecular flexibility index (Phi) is 15.0. The number of benzene rings is 6. The number of carbonyl (C=O) groups is 6. The molecule has 6 aromatic carbocycles. The summed E-state index contributed by atoms with van der Waals surface area (Å²) < 4.78 is 28.4. The third kappa shape index (κ3) is 11.1. The Morgan fingerprint density at radius 1 is 0.436 bits per heavy atom. The highest BCUT2D eigenvalue weighted by Crippen LogP contribution is 2.55. The molecular formula is C54H44O24. The van der Waals surface area contributed by atoms with Crippen molar-refractivity contribution in [2.45, 2.75) is 61.6 Å². The lowest BCUT2D eigenvalue weighted by molar-refractivity contribution is -0.166. The minimum atomic E-state index is -2.12. The van der Waals surface area contributed by atoms with E-state index >= 15 is 0 Å². The number of aromatic hydroxyl groups is 10. The molecule has 0 fully saturated rings. The fourth-order valence-corrected chi connectivity index (χ4v) is 8.92. The molecule has 0 spiro atoms. The number of carbonyl (C=O) groups excluding carboxylic acids is 3. The summed E-state index contributed by atoms with van der Waals surface area (Å²) in [6.45, 7) is 0. The van der Waals surface area contributed by atoms with Gasteiger partial charge >= 0.3 is 35.8 Å². The van der Waals surface area contributed by atoms with Gasteiger partial charge in [-0.2, -0.15) is 0 Å². The monoisotopic (exact) mass is 1080 g/mol. The molecule has 24 nitrogen and oxygen atoms in total. The molecule has 0 unspecified atom stereocenters. The number of phenols is 10. The van der Waals surface area contributed by atoms with E-state index < -0.39 is 161 Å². The van der Waals surface area contributed by atoms with E-state index in [1.165, 1.54) is 30.3 Å². The second-order valence-corrected chi connectivity index (χ2v) is 17.8. The predicted octanol–water partition coefficient (Wildman–Crippen LogP) is 4.91. The van der Waals surface area contributed by atoms with Gasteiger partial charge in [0.25, 0.3) is 0 Å². The lowest BCUT2D eigenvalue weighted by Gasteiger charge is -2.23. The average Bonchev–Trinajstić information content (AvgIpc) is 4.13. The summed E-state index contributed by atoms with van der Waals surface area (Å²) in [7, 11) is 0. The third-order valence-corrected chi connectivity index (χ3v) is 12.7. The Morgan fingerprint density at radius 3 is 1.26 bits per heavy atom. The van der Waals surface area contributed by atoms with Crippen LogP contribution in [-0.4, -0.2) is 121 Å². The summed E-state index contributed by atoms with van der Waals surface area (Å²) in [6.07, 6.45) is -9.22. The van der Waals surface area contributed by atoms with E-state index in [0.717, 1.165) is 78.9 Å². The zero-order chi connectivity index (χ0) is 56.4. The van der Waals surface area contributed by atoms with Gasteiger partial charge in [0.1, 0.15) is 24.0 Å². The first-order valence-electron chi connectivity index (χ1n) is 23.1. The molecule has 0 amide bonds. The molecule has 0 saturated carbocycles. The molecule has 8 rings (SSSR count). The molecule has 78 heavy (non-hydrogen) atoms. The van der Waals surface area contributed by atoms with Crippen LogP contribution in [0.25, 0.3) is 6.08 Å². The number of carboxylic acid groups (broad SMARTS) is 3. The maximum Gasteiger partial charge on any atom is 0.345 e. The van der Waals surface area contributed by atoms with Crippen LogP contribution in [0.4, 0.5) is 0 Å². The van der Waals surface area contributed by atoms with Crippen LogP contribution in [0.2, 0.25) is 0 Å². The highest BCUT2D eigenvalue weighted by atomic mass is 16.6.